The summed E-state index contributed by atoms with van der Waals surface area (Å²) in [5.74, 6) is 0. The van der Waals surface area contributed by atoms with E-state index in [1.54, 1.807) is 12.7 Å². The predicted molar refractivity (Wildman–Crippen MR) is 78.4 cm³/mol. The third-order valence-corrected chi connectivity index (χ3v) is 3.92. The Morgan fingerprint density at radius 2 is 1.71 bits per heavy atom. The lowest BCUT2D eigenvalue weighted by atomic mass is 9.91. The molecule has 1 aliphatic heterocycles. The summed E-state index contributed by atoms with van der Waals surface area (Å²) in [7, 11) is 0. The highest BCUT2D eigenvalue weighted by atomic mass is 16.6. The zero-order chi connectivity index (χ0) is 14.1. The second kappa shape index (κ2) is 4.82. The average Bonchev–Trinajstić information content (AvgIpc) is 3.05. The first kappa shape index (κ1) is 12.3. The van der Waals surface area contributed by atoms with E-state index in [-0.39, 0.29) is 11.7 Å². The summed E-state index contributed by atoms with van der Waals surface area (Å²) in [5, 5.41) is 4.22. The molecule has 0 aliphatic carbocycles. The molecule has 0 spiro atoms. The molecule has 1 aliphatic rings. The summed E-state index contributed by atoms with van der Waals surface area (Å²) >= 11 is 0. The van der Waals surface area contributed by atoms with Crippen molar-refractivity contribution in [3.05, 3.63) is 84.4 Å². The van der Waals surface area contributed by atoms with Gasteiger partial charge in [-0.05, 0) is 11.1 Å². The summed E-state index contributed by atoms with van der Waals surface area (Å²) in [4.78, 5) is 4.02. The summed E-state index contributed by atoms with van der Waals surface area (Å²) < 4.78 is 7.99. The Balaban J connectivity index is 1.72. The number of epoxide rings is 1. The number of nitrogens with zero attached hydrogens (tertiary/aromatic N) is 3. The predicted octanol–water partition coefficient (Wildman–Crippen LogP) is 2.95. The van der Waals surface area contributed by atoms with Crippen molar-refractivity contribution in [3.8, 4) is 0 Å². The molecule has 0 amide bonds. The van der Waals surface area contributed by atoms with Gasteiger partial charge in [-0.15, -0.1) is 0 Å². The zero-order valence-corrected chi connectivity index (χ0v) is 11.5. The van der Waals surface area contributed by atoms with Gasteiger partial charge < -0.3 is 4.74 Å². The van der Waals surface area contributed by atoms with Crippen LogP contribution in [0.5, 0.6) is 0 Å². The fourth-order valence-electron chi connectivity index (χ4n) is 2.85. The molecule has 0 radical (unpaired) electrons. The first-order valence-electron chi connectivity index (χ1n) is 6.99. The molecular weight excluding hydrogens is 262 g/mol. The molecule has 2 heterocycles. The maximum Gasteiger partial charge on any atom is 0.144 e. The van der Waals surface area contributed by atoms with Crippen LogP contribution >= 0.6 is 0 Å². The van der Waals surface area contributed by atoms with Crippen molar-refractivity contribution in [2.24, 2.45) is 0 Å². The van der Waals surface area contributed by atoms with E-state index in [2.05, 4.69) is 34.3 Å². The largest absolute Gasteiger partial charge is 0.354 e. The third kappa shape index (κ3) is 2.14. The molecule has 4 nitrogen and oxygen atoms in total. The van der Waals surface area contributed by atoms with Crippen LogP contribution in [0.15, 0.2) is 73.3 Å². The summed E-state index contributed by atoms with van der Waals surface area (Å²) in [5.41, 5.74) is 2.02. The maximum absolute atomic E-state index is 6.16. The van der Waals surface area contributed by atoms with Crippen molar-refractivity contribution in [2.75, 3.05) is 0 Å². The van der Waals surface area contributed by atoms with Gasteiger partial charge in [-0.1, -0.05) is 60.7 Å². The van der Waals surface area contributed by atoms with E-state index >= 15 is 0 Å². The van der Waals surface area contributed by atoms with Gasteiger partial charge in [-0.3, -0.25) is 0 Å². The lowest BCUT2D eigenvalue weighted by molar-refractivity contribution is 0.262. The van der Waals surface area contributed by atoms with Gasteiger partial charge in [-0.2, -0.15) is 5.10 Å². The first-order valence-corrected chi connectivity index (χ1v) is 6.99. The fourth-order valence-corrected chi connectivity index (χ4v) is 2.85. The van der Waals surface area contributed by atoms with Gasteiger partial charge in [0.2, 0.25) is 0 Å². The Morgan fingerprint density at radius 3 is 2.38 bits per heavy atom. The molecule has 104 valence electrons. The van der Waals surface area contributed by atoms with E-state index < -0.39 is 0 Å². The summed E-state index contributed by atoms with van der Waals surface area (Å²) in [6.07, 6.45) is 3.35. The van der Waals surface area contributed by atoms with E-state index in [9.17, 15) is 0 Å². The van der Waals surface area contributed by atoms with Crippen LogP contribution in [0.1, 0.15) is 17.2 Å². The number of benzene rings is 2. The molecule has 3 aromatic rings. The van der Waals surface area contributed by atoms with E-state index in [1.807, 2.05) is 41.1 Å². The number of hydrogen-bond acceptors (Lipinski definition) is 3. The maximum atomic E-state index is 6.16. The average molecular weight is 277 g/mol. The van der Waals surface area contributed by atoms with Crippen molar-refractivity contribution in [1.82, 2.24) is 14.8 Å². The SMILES string of the molecule is c1ccc(C2OC2(Cn2cncn2)c2ccccc2)cc1. The first-order chi connectivity index (χ1) is 10.4. The van der Waals surface area contributed by atoms with Crippen LogP contribution in [0.25, 0.3) is 0 Å². The third-order valence-electron chi connectivity index (χ3n) is 3.92. The number of ether oxygens (including phenoxy) is 1. The molecule has 0 bridgehead atoms. The van der Waals surface area contributed by atoms with E-state index in [0.29, 0.717) is 6.54 Å². The topological polar surface area (TPSA) is 43.2 Å². The fraction of sp³-hybridized carbons (Fsp3) is 0.176. The van der Waals surface area contributed by atoms with Gasteiger partial charge in [0.1, 0.15) is 24.4 Å². The molecule has 0 saturated carbocycles. The molecular formula is C17H15N3O. The molecule has 21 heavy (non-hydrogen) atoms. The van der Waals surface area contributed by atoms with Crippen LogP contribution in [0.2, 0.25) is 0 Å². The molecule has 1 fully saturated rings. The van der Waals surface area contributed by atoms with Crippen molar-refractivity contribution in [1.29, 1.82) is 0 Å². The van der Waals surface area contributed by atoms with Crippen LogP contribution in [0.4, 0.5) is 0 Å². The van der Waals surface area contributed by atoms with Crippen molar-refractivity contribution in [3.63, 3.8) is 0 Å². The molecule has 4 rings (SSSR count). The van der Waals surface area contributed by atoms with Gasteiger partial charge >= 0.3 is 0 Å². The van der Waals surface area contributed by atoms with Crippen LogP contribution in [0, 0.1) is 0 Å². The van der Waals surface area contributed by atoms with Crippen LogP contribution in [-0.2, 0) is 16.9 Å². The quantitative estimate of drug-likeness (QED) is 0.689. The van der Waals surface area contributed by atoms with Crippen molar-refractivity contribution >= 4 is 0 Å². The van der Waals surface area contributed by atoms with E-state index in [1.165, 1.54) is 11.1 Å². The van der Waals surface area contributed by atoms with Gasteiger partial charge in [0, 0.05) is 0 Å². The monoisotopic (exact) mass is 277 g/mol. The van der Waals surface area contributed by atoms with Crippen LogP contribution in [0.3, 0.4) is 0 Å². The summed E-state index contributed by atoms with van der Waals surface area (Å²) in [6, 6.07) is 20.7. The van der Waals surface area contributed by atoms with Gasteiger partial charge in [0.15, 0.2) is 0 Å². The number of hydrogen-bond donors (Lipinski definition) is 0. The van der Waals surface area contributed by atoms with Gasteiger partial charge in [-0.25, -0.2) is 9.67 Å². The normalized spacial score (nSPS) is 23.9. The van der Waals surface area contributed by atoms with Crippen LogP contribution in [-0.4, -0.2) is 14.8 Å². The molecule has 1 aromatic heterocycles. The standard InChI is InChI=1S/C17H15N3O/c1-3-7-14(8-4-1)16-17(21-16,11-20-13-18-12-19-20)15-9-5-2-6-10-15/h1-10,12-13,16H,11H2. The smallest absolute Gasteiger partial charge is 0.144 e. The second-order valence-electron chi connectivity index (χ2n) is 5.26. The minimum absolute atomic E-state index is 0.0605. The summed E-state index contributed by atoms with van der Waals surface area (Å²) in [6.45, 7) is 0.663. The van der Waals surface area contributed by atoms with Gasteiger partial charge in [0.25, 0.3) is 0 Å². The number of aromatic nitrogens is 3. The zero-order valence-electron chi connectivity index (χ0n) is 11.5. The molecule has 0 N–H and O–H groups in total. The lowest BCUT2D eigenvalue weighted by Crippen LogP contribution is -2.19. The van der Waals surface area contributed by atoms with Crippen LogP contribution < -0.4 is 0 Å². The van der Waals surface area contributed by atoms with Gasteiger partial charge in [0.05, 0.1) is 6.54 Å². The van der Waals surface area contributed by atoms with Crippen molar-refractivity contribution < 1.29 is 4.74 Å². The van der Waals surface area contributed by atoms with E-state index in [4.69, 9.17) is 4.74 Å². The molecule has 1 saturated heterocycles. The Morgan fingerprint density at radius 1 is 1.00 bits per heavy atom. The minimum atomic E-state index is -0.351. The highest BCUT2D eigenvalue weighted by molar-refractivity contribution is 5.35. The van der Waals surface area contributed by atoms with E-state index in [0.717, 1.165) is 0 Å². The van der Waals surface area contributed by atoms with Crippen molar-refractivity contribution in [2.45, 2.75) is 18.2 Å². The lowest BCUT2D eigenvalue weighted by Gasteiger charge is -2.13. The molecule has 2 atom stereocenters. The second-order valence-corrected chi connectivity index (χ2v) is 5.26. The minimum Gasteiger partial charge on any atom is -0.354 e. The number of rotatable bonds is 4. The highest BCUT2D eigenvalue weighted by Crippen LogP contribution is 2.57. The Kier molecular flexibility index (Phi) is 2.82. The molecule has 2 unspecified atom stereocenters. The Labute approximate surface area is 123 Å². The molecule has 2 aromatic carbocycles. The Bertz CT molecular complexity index is 712. The highest BCUT2D eigenvalue weighted by Gasteiger charge is 2.58. The molecule has 4 heteroatoms. The Hall–Kier alpha value is -2.46.